The van der Waals surface area contributed by atoms with Crippen LogP contribution in [0.2, 0.25) is 0 Å². The van der Waals surface area contributed by atoms with Gasteiger partial charge in [-0.2, -0.15) is 0 Å². The zero-order chi connectivity index (χ0) is 15.7. The van der Waals surface area contributed by atoms with Gasteiger partial charge in [0.1, 0.15) is 5.76 Å². The summed E-state index contributed by atoms with van der Waals surface area (Å²) in [7, 11) is 0. The van der Waals surface area contributed by atoms with Gasteiger partial charge < -0.3 is 19.0 Å². The number of hydrogen-bond acceptors (Lipinski definition) is 4. The molecule has 2 aliphatic rings. The number of carbonyl (C=O) groups is 2. The van der Waals surface area contributed by atoms with Gasteiger partial charge >= 0.3 is 0 Å². The van der Waals surface area contributed by atoms with Crippen molar-refractivity contribution in [1.82, 2.24) is 9.80 Å². The first kappa shape index (κ1) is 15.1. The van der Waals surface area contributed by atoms with Crippen LogP contribution in [-0.4, -0.2) is 53.5 Å². The highest BCUT2D eigenvalue weighted by molar-refractivity contribution is 5.89. The van der Waals surface area contributed by atoms with Gasteiger partial charge in [0.05, 0.1) is 37.5 Å². The normalized spacial score (nSPS) is 29.2. The van der Waals surface area contributed by atoms with Crippen LogP contribution in [0.1, 0.15) is 26.0 Å². The molecule has 0 N–H and O–H groups in total. The van der Waals surface area contributed by atoms with Gasteiger partial charge in [0.2, 0.25) is 11.8 Å². The van der Waals surface area contributed by atoms with Crippen molar-refractivity contribution in [3.8, 4) is 0 Å². The van der Waals surface area contributed by atoms with Gasteiger partial charge in [0.15, 0.2) is 0 Å². The minimum absolute atomic E-state index is 0.0173. The van der Waals surface area contributed by atoms with Gasteiger partial charge in [0.25, 0.3) is 0 Å². The number of amides is 2. The van der Waals surface area contributed by atoms with E-state index in [9.17, 15) is 9.59 Å². The number of morpholine rings is 1. The van der Waals surface area contributed by atoms with Gasteiger partial charge in [-0.05, 0) is 26.0 Å². The fourth-order valence-electron chi connectivity index (χ4n) is 3.13. The van der Waals surface area contributed by atoms with Gasteiger partial charge in [-0.15, -0.1) is 0 Å². The maximum absolute atomic E-state index is 12.7. The number of furan rings is 1. The van der Waals surface area contributed by atoms with Crippen LogP contribution in [0.25, 0.3) is 0 Å². The van der Waals surface area contributed by atoms with E-state index >= 15 is 0 Å². The minimum atomic E-state index is -0.254. The predicted octanol–water partition coefficient (Wildman–Crippen LogP) is 1.26. The Balaban J connectivity index is 1.63. The SMILES string of the molecule is C[C@@H]1CN(C(=O)[C@@H]2CC(=O)N(Cc3ccco3)C2)[C@H](C)CO1. The molecule has 0 unspecified atom stereocenters. The predicted molar refractivity (Wildman–Crippen MR) is 78.8 cm³/mol. The number of ether oxygens (including phenoxy) is 1. The zero-order valence-electron chi connectivity index (χ0n) is 13.0. The molecule has 1 aromatic rings. The van der Waals surface area contributed by atoms with Gasteiger partial charge in [-0.1, -0.05) is 0 Å². The monoisotopic (exact) mass is 306 g/mol. The number of hydrogen-bond donors (Lipinski definition) is 0. The molecule has 22 heavy (non-hydrogen) atoms. The van der Waals surface area contributed by atoms with Crippen molar-refractivity contribution >= 4 is 11.8 Å². The summed E-state index contributed by atoms with van der Waals surface area (Å²) in [6.07, 6.45) is 1.93. The van der Waals surface area contributed by atoms with E-state index in [0.29, 0.717) is 26.2 Å². The van der Waals surface area contributed by atoms with E-state index in [4.69, 9.17) is 9.15 Å². The molecule has 2 aliphatic heterocycles. The molecule has 6 nitrogen and oxygen atoms in total. The Morgan fingerprint density at radius 1 is 1.36 bits per heavy atom. The van der Waals surface area contributed by atoms with Crippen molar-refractivity contribution in [3.63, 3.8) is 0 Å². The lowest BCUT2D eigenvalue weighted by atomic mass is 10.0. The van der Waals surface area contributed by atoms with Crippen LogP contribution in [0.5, 0.6) is 0 Å². The molecule has 0 bridgehead atoms. The molecule has 0 spiro atoms. The number of nitrogens with zero attached hydrogens (tertiary/aromatic N) is 2. The molecule has 120 valence electrons. The topological polar surface area (TPSA) is 63.0 Å². The van der Waals surface area contributed by atoms with Crippen molar-refractivity contribution in [2.75, 3.05) is 19.7 Å². The first-order valence-corrected chi connectivity index (χ1v) is 7.77. The van der Waals surface area contributed by atoms with Gasteiger partial charge in [-0.3, -0.25) is 9.59 Å². The Labute approximate surface area is 130 Å². The molecule has 0 aliphatic carbocycles. The van der Waals surface area contributed by atoms with Gasteiger partial charge in [-0.25, -0.2) is 0 Å². The van der Waals surface area contributed by atoms with Crippen LogP contribution in [-0.2, 0) is 20.9 Å². The van der Waals surface area contributed by atoms with Crippen molar-refractivity contribution in [1.29, 1.82) is 0 Å². The summed E-state index contributed by atoms with van der Waals surface area (Å²) in [6.45, 7) is 6.02. The van der Waals surface area contributed by atoms with Crippen LogP contribution in [0.3, 0.4) is 0 Å². The molecule has 0 aromatic carbocycles. The molecule has 0 radical (unpaired) electrons. The van der Waals surface area contributed by atoms with Crippen molar-refractivity contribution in [2.24, 2.45) is 5.92 Å². The molecule has 3 heterocycles. The molecule has 6 heteroatoms. The lowest BCUT2D eigenvalue weighted by molar-refractivity contribution is -0.147. The molecule has 3 rings (SSSR count). The molecule has 2 fully saturated rings. The summed E-state index contributed by atoms with van der Waals surface area (Å²) in [5.41, 5.74) is 0. The van der Waals surface area contributed by atoms with Gasteiger partial charge in [0, 0.05) is 19.5 Å². The van der Waals surface area contributed by atoms with E-state index in [1.165, 1.54) is 0 Å². The Hall–Kier alpha value is -1.82. The third-order valence-electron chi connectivity index (χ3n) is 4.38. The van der Waals surface area contributed by atoms with Crippen LogP contribution in [0, 0.1) is 5.92 Å². The zero-order valence-corrected chi connectivity index (χ0v) is 13.0. The lowest BCUT2D eigenvalue weighted by Crippen LogP contribution is -2.52. The molecule has 2 saturated heterocycles. The van der Waals surface area contributed by atoms with Crippen molar-refractivity contribution < 1.29 is 18.7 Å². The van der Waals surface area contributed by atoms with E-state index in [1.807, 2.05) is 24.8 Å². The summed E-state index contributed by atoms with van der Waals surface area (Å²) >= 11 is 0. The van der Waals surface area contributed by atoms with E-state index in [1.54, 1.807) is 17.2 Å². The standard InChI is InChI=1S/C16H22N2O4/c1-11-10-22-12(2)7-18(11)16(20)13-6-15(19)17(8-13)9-14-4-3-5-21-14/h3-5,11-13H,6-10H2,1-2H3/t11-,12-,13-/m1/s1. The fraction of sp³-hybridized carbons (Fsp3) is 0.625. The molecule has 2 amide bonds. The number of carbonyl (C=O) groups excluding carboxylic acids is 2. The molecular weight excluding hydrogens is 284 g/mol. The Kier molecular flexibility index (Phi) is 4.20. The third kappa shape index (κ3) is 3.02. The first-order valence-electron chi connectivity index (χ1n) is 7.77. The lowest BCUT2D eigenvalue weighted by Gasteiger charge is -2.38. The Morgan fingerprint density at radius 2 is 2.18 bits per heavy atom. The highest BCUT2D eigenvalue weighted by atomic mass is 16.5. The average Bonchev–Trinajstić information content (AvgIpc) is 3.12. The second kappa shape index (κ2) is 6.12. The molecule has 3 atom stereocenters. The fourth-order valence-corrected chi connectivity index (χ4v) is 3.13. The first-order chi connectivity index (χ1) is 10.5. The maximum Gasteiger partial charge on any atom is 0.228 e. The third-order valence-corrected chi connectivity index (χ3v) is 4.38. The van der Waals surface area contributed by atoms with E-state index in [-0.39, 0.29) is 36.3 Å². The minimum Gasteiger partial charge on any atom is -0.467 e. The largest absolute Gasteiger partial charge is 0.467 e. The second-order valence-electron chi connectivity index (χ2n) is 6.24. The summed E-state index contributed by atoms with van der Waals surface area (Å²) in [4.78, 5) is 28.4. The quantitative estimate of drug-likeness (QED) is 0.843. The highest BCUT2D eigenvalue weighted by Gasteiger charge is 2.39. The van der Waals surface area contributed by atoms with Crippen LogP contribution in [0.4, 0.5) is 0 Å². The summed E-state index contributed by atoms with van der Waals surface area (Å²) in [5.74, 6) is 0.576. The van der Waals surface area contributed by atoms with Crippen molar-refractivity contribution in [3.05, 3.63) is 24.2 Å². The number of likely N-dealkylation sites (tertiary alicyclic amines) is 1. The van der Waals surface area contributed by atoms with Crippen LogP contribution < -0.4 is 0 Å². The smallest absolute Gasteiger partial charge is 0.228 e. The summed E-state index contributed by atoms with van der Waals surface area (Å²) < 4.78 is 10.8. The summed E-state index contributed by atoms with van der Waals surface area (Å²) in [5, 5.41) is 0. The highest BCUT2D eigenvalue weighted by Crippen LogP contribution is 2.24. The van der Waals surface area contributed by atoms with E-state index in [0.717, 1.165) is 5.76 Å². The average molecular weight is 306 g/mol. The Bertz CT molecular complexity index is 542. The molecule has 1 aromatic heterocycles. The van der Waals surface area contributed by atoms with E-state index < -0.39 is 0 Å². The van der Waals surface area contributed by atoms with Crippen molar-refractivity contribution in [2.45, 2.75) is 39.0 Å². The molecular formula is C16H22N2O4. The second-order valence-corrected chi connectivity index (χ2v) is 6.24. The summed E-state index contributed by atoms with van der Waals surface area (Å²) in [6, 6.07) is 3.71. The van der Waals surface area contributed by atoms with E-state index in [2.05, 4.69) is 0 Å². The Morgan fingerprint density at radius 3 is 2.91 bits per heavy atom. The molecule has 0 saturated carbocycles. The number of rotatable bonds is 3. The maximum atomic E-state index is 12.7. The van der Waals surface area contributed by atoms with Crippen LogP contribution in [0.15, 0.2) is 22.8 Å². The van der Waals surface area contributed by atoms with Crippen LogP contribution >= 0.6 is 0 Å².